The summed E-state index contributed by atoms with van der Waals surface area (Å²) < 4.78 is 5.35. The molecule has 1 saturated heterocycles. The van der Waals surface area contributed by atoms with Gasteiger partial charge in [0.15, 0.2) is 0 Å². The van der Waals surface area contributed by atoms with Gasteiger partial charge in [0.1, 0.15) is 11.5 Å². The molecule has 2 heterocycles. The lowest BCUT2D eigenvalue weighted by Crippen LogP contribution is -2.38. The molecule has 1 unspecified atom stereocenters. The summed E-state index contributed by atoms with van der Waals surface area (Å²) in [5, 5.41) is 6.33. The van der Waals surface area contributed by atoms with Crippen molar-refractivity contribution in [2.75, 3.05) is 19.6 Å². The number of amides is 1. The Labute approximate surface area is 114 Å². The monoisotopic (exact) mass is 272 g/mol. The van der Waals surface area contributed by atoms with Crippen LogP contribution in [0.15, 0.2) is 10.5 Å². The van der Waals surface area contributed by atoms with Gasteiger partial charge < -0.3 is 15.1 Å². The van der Waals surface area contributed by atoms with Gasteiger partial charge in [0.2, 0.25) is 0 Å². The van der Waals surface area contributed by atoms with E-state index < -0.39 is 0 Å². The highest BCUT2D eigenvalue weighted by Gasteiger charge is 2.17. The van der Waals surface area contributed by atoms with E-state index >= 15 is 0 Å². The van der Waals surface area contributed by atoms with Gasteiger partial charge in [0, 0.05) is 6.54 Å². The molecule has 0 saturated carbocycles. The topological polar surface area (TPSA) is 54.3 Å². The van der Waals surface area contributed by atoms with Crippen LogP contribution in [0.2, 0.25) is 0 Å². The zero-order valence-corrected chi connectivity index (χ0v) is 11.7. The van der Waals surface area contributed by atoms with Crippen LogP contribution in [0.3, 0.4) is 0 Å². The van der Waals surface area contributed by atoms with Crippen LogP contribution in [-0.2, 0) is 0 Å². The number of carbonyl (C=O) groups is 1. The number of aryl methyl sites for hydroxylation is 2. The molecule has 4 nitrogen and oxygen atoms in total. The van der Waals surface area contributed by atoms with Crippen molar-refractivity contribution >= 4 is 18.3 Å². The van der Waals surface area contributed by atoms with Crippen LogP contribution < -0.4 is 10.6 Å². The summed E-state index contributed by atoms with van der Waals surface area (Å²) >= 11 is 0. The molecule has 5 heteroatoms. The Morgan fingerprint density at radius 1 is 1.56 bits per heavy atom. The maximum Gasteiger partial charge on any atom is 0.254 e. The number of piperidine rings is 1. The Bertz CT molecular complexity index is 398. The maximum absolute atomic E-state index is 11.9. The fraction of sp³-hybridized carbons (Fsp3) is 0.615. The van der Waals surface area contributed by atoms with Crippen LogP contribution >= 0.6 is 12.4 Å². The molecule has 18 heavy (non-hydrogen) atoms. The molecule has 2 N–H and O–H groups in total. The Kier molecular flexibility index (Phi) is 5.69. The highest BCUT2D eigenvalue weighted by Crippen LogP contribution is 2.14. The van der Waals surface area contributed by atoms with Crippen molar-refractivity contribution in [1.82, 2.24) is 10.6 Å². The lowest BCUT2D eigenvalue weighted by molar-refractivity contribution is 0.0943. The van der Waals surface area contributed by atoms with E-state index in [2.05, 4.69) is 10.6 Å². The van der Waals surface area contributed by atoms with Gasteiger partial charge in [-0.3, -0.25) is 4.79 Å². The third-order valence-electron chi connectivity index (χ3n) is 3.24. The SMILES string of the molecule is Cc1cc(C(=O)NCC2CCCNC2)c(C)o1.Cl. The Hall–Kier alpha value is -1.000. The minimum absolute atomic E-state index is 0. The lowest BCUT2D eigenvalue weighted by Gasteiger charge is -2.22. The molecule has 102 valence electrons. The lowest BCUT2D eigenvalue weighted by atomic mass is 10.00. The van der Waals surface area contributed by atoms with E-state index in [1.165, 1.54) is 12.8 Å². The number of carbonyl (C=O) groups excluding carboxylic acids is 1. The smallest absolute Gasteiger partial charge is 0.254 e. The van der Waals surface area contributed by atoms with Gasteiger partial charge in [-0.05, 0) is 51.8 Å². The summed E-state index contributed by atoms with van der Waals surface area (Å²) in [5.74, 6) is 2.01. The largest absolute Gasteiger partial charge is 0.466 e. The standard InChI is InChI=1S/C13H20N2O2.ClH/c1-9-6-12(10(2)17-9)13(16)15-8-11-4-3-5-14-7-11;/h6,11,14H,3-5,7-8H2,1-2H3,(H,15,16);1H. The van der Waals surface area contributed by atoms with Gasteiger partial charge in [-0.2, -0.15) is 0 Å². The Morgan fingerprint density at radius 2 is 2.33 bits per heavy atom. The molecular formula is C13H21ClN2O2. The van der Waals surface area contributed by atoms with E-state index in [1.54, 1.807) is 6.07 Å². The molecule has 1 atom stereocenters. The first-order chi connectivity index (χ1) is 8.16. The van der Waals surface area contributed by atoms with E-state index in [9.17, 15) is 4.79 Å². The highest BCUT2D eigenvalue weighted by atomic mass is 35.5. The molecule has 0 aliphatic carbocycles. The van der Waals surface area contributed by atoms with Gasteiger partial charge in [0.25, 0.3) is 5.91 Å². The third kappa shape index (κ3) is 3.75. The van der Waals surface area contributed by atoms with Crippen LogP contribution in [0, 0.1) is 19.8 Å². The van der Waals surface area contributed by atoms with Crippen molar-refractivity contribution in [3.63, 3.8) is 0 Å². The van der Waals surface area contributed by atoms with Gasteiger partial charge in [-0.15, -0.1) is 12.4 Å². The predicted molar refractivity (Wildman–Crippen MR) is 73.4 cm³/mol. The van der Waals surface area contributed by atoms with E-state index in [0.29, 0.717) is 17.2 Å². The molecule has 1 aliphatic rings. The number of hydrogen-bond donors (Lipinski definition) is 2. The molecule has 0 bridgehead atoms. The van der Waals surface area contributed by atoms with Crippen molar-refractivity contribution in [2.45, 2.75) is 26.7 Å². The van der Waals surface area contributed by atoms with Crippen LogP contribution in [0.4, 0.5) is 0 Å². The van der Waals surface area contributed by atoms with Crippen molar-refractivity contribution in [3.05, 3.63) is 23.2 Å². The van der Waals surface area contributed by atoms with Crippen molar-refractivity contribution < 1.29 is 9.21 Å². The number of halogens is 1. The van der Waals surface area contributed by atoms with Gasteiger partial charge >= 0.3 is 0 Å². The normalized spacial score (nSPS) is 19.1. The molecule has 1 amide bonds. The fourth-order valence-electron chi connectivity index (χ4n) is 2.29. The molecule has 1 aliphatic heterocycles. The van der Waals surface area contributed by atoms with Crippen LogP contribution in [0.1, 0.15) is 34.7 Å². The molecular weight excluding hydrogens is 252 g/mol. The molecule has 0 aromatic carbocycles. The first-order valence-electron chi connectivity index (χ1n) is 6.23. The van der Waals surface area contributed by atoms with E-state index in [1.807, 2.05) is 13.8 Å². The summed E-state index contributed by atoms with van der Waals surface area (Å²) in [7, 11) is 0. The highest BCUT2D eigenvalue weighted by molar-refractivity contribution is 5.95. The predicted octanol–water partition coefficient (Wildman–Crippen LogP) is 2.05. The van der Waals surface area contributed by atoms with Gasteiger partial charge in [0.05, 0.1) is 5.56 Å². The van der Waals surface area contributed by atoms with E-state index in [0.717, 1.165) is 25.4 Å². The second-order valence-electron chi connectivity index (χ2n) is 4.75. The van der Waals surface area contributed by atoms with E-state index in [4.69, 9.17) is 4.42 Å². The molecule has 0 spiro atoms. The van der Waals surface area contributed by atoms with E-state index in [-0.39, 0.29) is 18.3 Å². The molecule has 1 fully saturated rings. The quantitative estimate of drug-likeness (QED) is 0.885. The number of rotatable bonds is 3. The molecule has 1 aromatic heterocycles. The Balaban J connectivity index is 0.00000162. The summed E-state index contributed by atoms with van der Waals surface area (Å²) in [4.78, 5) is 11.9. The Morgan fingerprint density at radius 3 is 2.89 bits per heavy atom. The van der Waals surface area contributed by atoms with Gasteiger partial charge in [-0.25, -0.2) is 0 Å². The van der Waals surface area contributed by atoms with Crippen molar-refractivity contribution in [2.24, 2.45) is 5.92 Å². The summed E-state index contributed by atoms with van der Waals surface area (Å²) in [5.41, 5.74) is 0.659. The summed E-state index contributed by atoms with van der Waals surface area (Å²) in [6.45, 7) is 6.53. The van der Waals surface area contributed by atoms with Crippen LogP contribution in [0.25, 0.3) is 0 Å². The van der Waals surface area contributed by atoms with Gasteiger partial charge in [-0.1, -0.05) is 0 Å². The van der Waals surface area contributed by atoms with Crippen molar-refractivity contribution in [1.29, 1.82) is 0 Å². The van der Waals surface area contributed by atoms with Crippen LogP contribution in [-0.4, -0.2) is 25.5 Å². The number of furan rings is 1. The summed E-state index contributed by atoms with van der Waals surface area (Å²) in [6, 6.07) is 1.80. The fourth-order valence-corrected chi connectivity index (χ4v) is 2.29. The van der Waals surface area contributed by atoms with Crippen molar-refractivity contribution in [3.8, 4) is 0 Å². The maximum atomic E-state index is 11.9. The number of hydrogen-bond acceptors (Lipinski definition) is 3. The average Bonchev–Trinajstić information content (AvgIpc) is 2.67. The number of nitrogens with one attached hydrogen (secondary N) is 2. The first-order valence-corrected chi connectivity index (χ1v) is 6.23. The first kappa shape index (κ1) is 15.1. The zero-order valence-electron chi connectivity index (χ0n) is 10.9. The summed E-state index contributed by atoms with van der Waals surface area (Å²) in [6.07, 6.45) is 2.39. The molecule has 0 radical (unpaired) electrons. The zero-order chi connectivity index (χ0) is 12.3. The minimum atomic E-state index is -0.0232. The third-order valence-corrected chi connectivity index (χ3v) is 3.24. The second-order valence-corrected chi connectivity index (χ2v) is 4.75. The average molecular weight is 273 g/mol. The van der Waals surface area contributed by atoms with Crippen LogP contribution in [0.5, 0.6) is 0 Å². The molecule has 1 aromatic rings. The molecule has 2 rings (SSSR count). The minimum Gasteiger partial charge on any atom is -0.466 e. The second kappa shape index (κ2) is 6.81.